The fraction of sp³-hybridized carbons (Fsp3) is 1.00. The van der Waals surface area contributed by atoms with Crippen LogP contribution in [0.1, 0.15) is 51.9 Å². The maximum Gasteiger partial charge on any atom is 0.00682 e. The van der Waals surface area contributed by atoms with Crippen molar-refractivity contribution in [3.05, 3.63) is 0 Å². The third-order valence-electron chi connectivity index (χ3n) is 3.94. The second-order valence-electron chi connectivity index (χ2n) is 6.23. The van der Waals surface area contributed by atoms with Crippen LogP contribution >= 0.6 is 0 Å². The highest BCUT2D eigenvalue weighted by molar-refractivity contribution is 4.80. The highest BCUT2D eigenvalue weighted by Crippen LogP contribution is 2.18. The molecule has 1 aliphatic carbocycles. The summed E-state index contributed by atoms with van der Waals surface area (Å²) in [5.74, 6) is 0. The van der Waals surface area contributed by atoms with Gasteiger partial charge in [-0.2, -0.15) is 0 Å². The van der Waals surface area contributed by atoms with E-state index in [9.17, 15) is 0 Å². The van der Waals surface area contributed by atoms with E-state index in [1.165, 1.54) is 77.7 Å². The maximum atomic E-state index is 3.59. The van der Waals surface area contributed by atoms with E-state index in [0.717, 1.165) is 6.04 Å². The van der Waals surface area contributed by atoms with Gasteiger partial charge in [-0.15, -0.1) is 0 Å². The number of nitrogens with one attached hydrogen (secondary N) is 1. The van der Waals surface area contributed by atoms with Crippen molar-refractivity contribution in [3.8, 4) is 0 Å². The lowest BCUT2D eigenvalue weighted by molar-refractivity contribution is 0.260. The third-order valence-corrected chi connectivity index (χ3v) is 3.94. The molecule has 0 bridgehead atoms. The smallest absolute Gasteiger partial charge is 0.00682 e. The van der Waals surface area contributed by atoms with Gasteiger partial charge in [0, 0.05) is 6.04 Å². The number of hydrogen-bond donors (Lipinski definition) is 1. The summed E-state index contributed by atoms with van der Waals surface area (Å²) in [7, 11) is 4.32. The van der Waals surface area contributed by atoms with Crippen LogP contribution in [-0.4, -0.2) is 62.7 Å². The molecule has 1 N–H and O–H groups in total. The van der Waals surface area contributed by atoms with Crippen LogP contribution < -0.4 is 5.32 Å². The number of nitrogens with zero attached hydrogens (tertiary/aromatic N) is 2. The molecular formula is C16H35N3. The zero-order valence-corrected chi connectivity index (χ0v) is 13.5. The Labute approximate surface area is 120 Å². The van der Waals surface area contributed by atoms with Crippen molar-refractivity contribution in [2.45, 2.75) is 57.9 Å². The van der Waals surface area contributed by atoms with Crippen LogP contribution in [0, 0.1) is 0 Å². The standard InChI is InChI=1S/C16H35N3/c1-4-19(15-9-13-18(2)3)14-8-6-5-7-12-17-16-10-11-16/h16-17H,4-15H2,1-3H3. The quantitative estimate of drug-likeness (QED) is 0.519. The summed E-state index contributed by atoms with van der Waals surface area (Å²) in [5, 5.41) is 3.59. The van der Waals surface area contributed by atoms with Gasteiger partial charge in [0.25, 0.3) is 0 Å². The Kier molecular flexibility index (Phi) is 9.48. The van der Waals surface area contributed by atoms with Crippen LogP contribution in [-0.2, 0) is 0 Å². The van der Waals surface area contributed by atoms with Gasteiger partial charge in [0.1, 0.15) is 0 Å². The van der Waals surface area contributed by atoms with E-state index in [2.05, 4.69) is 36.1 Å². The van der Waals surface area contributed by atoms with Crippen molar-refractivity contribution in [2.24, 2.45) is 0 Å². The first-order valence-corrected chi connectivity index (χ1v) is 8.33. The van der Waals surface area contributed by atoms with Gasteiger partial charge >= 0.3 is 0 Å². The molecule has 0 unspecified atom stereocenters. The van der Waals surface area contributed by atoms with Gasteiger partial charge in [0.2, 0.25) is 0 Å². The molecule has 0 aromatic carbocycles. The Morgan fingerprint density at radius 1 is 0.895 bits per heavy atom. The van der Waals surface area contributed by atoms with Gasteiger partial charge in [0.15, 0.2) is 0 Å². The van der Waals surface area contributed by atoms with E-state index < -0.39 is 0 Å². The highest BCUT2D eigenvalue weighted by Gasteiger charge is 2.19. The van der Waals surface area contributed by atoms with Gasteiger partial charge in [-0.25, -0.2) is 0 Å². The monoisotopic (exact) mass is 269 g/mol. The molecule has 0 spiro atoms. The van der Waals surface area contributed by atoms with E-state index in [1.54, 1.807) is 0 Å². The van der Waals surface area contributed by atoms with Crippen molar-refractivity contribution in [2.75, 3.05) is 46.8 Å². The van der Waals surface area contributed by atoms with E-state index in [1.807, 2.05) is 0 Å². The lowest BCUT2D eigenvalue weighted by Gasteiger charge is -2.21. The lowest BCUT2D eigenvalue weighted by atomic mass is 10.2. The average Bonchev–Trinajstić information content (AvgIpc) is 3.19. The molecule has 1 fully saturated rings. The fourth-order valence-electron chi connectivity index (χ4n) is 2.45. The second-order valence-corrected chi connectivity index (χ2v) is 6.23. The van der Waals surface area contributed by atoms with E-state index >= 15 is 0 Å². The molecular weight excluding hydrogens is 234 g/mol. The summed E-state index contributed by atoms with van der Waals surface area (Å²) in [5.41, 5.74) is 0. The highest BCUT2D eigenvalue weighted by atomic mass is 15.1. The zero-order valence-electron chi connectivity index (χ0n) is 13.5. The minimum absolute atomic E-state index is 0.882. The molecule has 1 aliphatic rings. The second kappa shape index (κ2) is 10.6. The van der Waals surface area contributed by atoms with Crippen molar-refractivity contribution < 1.29 is 0 Å². The summed E-state index contributed by atoms with van der Waals surface area (Å²) in [6.45, 7) is 8.50. The Morgan fingerprint density at radius 3 is 2.21 bits per heavy atom. The zero-order chi connectivity index (χ0) is 13.9. The minimum Gasteiger partial charge on any atom is -0.314 e. The van der Waals surface area contributed by atoms with Gasteiger partial charge < -0.3 is 15.1 Å². The fourth-order valence-corrected chi connectivity index (χ4v) is 2.45. The van der Waals surface area contributed by atoms with E-state index in [-0.39, 0.29) is 0 Å². The van der Waals surface area contributed by atoms with Crippen LogP contribution in [0.4, 0.5) is 0 Å². The Balaban J connectivity index is 1.84. The molecule has 0 radical (unpaired) electrons. The van der Waals surface area contributed by atoms with Crippen LogP contribution in [0.3, 0.4) is 0 Å². The molecule has 3 heteroatoms. The SMILES string of the molecule is CCN(CCCCCCNC1CC1)CCCN(C)C. The molecule has 0 atom stereocenters. The number of unbranched alkanes of at least 4 members (excludes halogenated alkanes) is 3. The first kappa shape index (κ1) is 16.9. The predicted octanol–water partition coefficient (Wildman–Crippen LogP) is 2.57. The van der Waals surface area contributed by atoms with Crippen LogP contribution in [0.2, 0.25) is 0 Å². The summed E-state index contributed by atoms with van der Waals surface area (Å²) in [6.07, 6.45) is 9.66. The maximum absolute atomic E-state index is 3.59. The van der Waals surface area contributed by atoms with Crippen LogP contribution in [0.15, 0.2) is 0 Å². The van der Waals surface area contributed by atoms with Crippen molar-refractivity contribution in [3.63, 3.8) is 0 Å². The molecule has 1 saturated carbocycles. The molecule has 0 aliphatic heterocycles. The third kappa shape index (κ3) is 10.3. The molecule has 3 nitrogen and oxygen atoms in total. The molecule has 0 aromatic heterocycles. The van der Waals surface area contributed by atoms with Crippen LogP contribution in [0.25, 0.3) is 0 Å². The van der Waals surface area contributed by atoms with Crippen LogP contribution in [0.5, 0.6) is 0 Å². The first-order valence-electron chi connectivity index (χ1n) is 8.33. The Hall–Kier alpha value is -0.120. The average molecular weight is 269 g/mol. The van der Waals surface area contributed by atoms with Gasteiger partial charge in [-0.1, -0.05) is 19.8 Å². The van der Waals surface area contributed by atoms with Gasteiger partial charge in [-0.05, 0) is 78.9 Å². The summed E-state index contributed by atoms with van der Waals surface area (Å²) < 4.78 is 0. The van der Waals surface area contributed by atoms with Crippen molar-refractivity contribution in [1.29, 1.82) is 0 Å². The first-order chi connectivity index (χ1) is 9.22. The van der Waals surface area contributed by atoms with Crippen molar-refractivity contribution in [1.82, 2.24) is 15.1 Å². The van der Waals surface area contributed by atoms with Crippen molar-refractivity contribution >= 4 is 0 Å². The lowest BCUT2D eigenvalue weighted by Crippen LogP contribution is -2.28. The summed E-state index contributed by atoms with van der Waals surface area (Å²) in [4.78, 5) is 4.88. The van der Waals surface area contributed by atoms with E-state index in [4.69, 9.17) is 0 Å². The molecule has 1 rings (SSSR count). The molecule has 19 heavy (non-hydrogen) atoms. The summed E-state index contributed by atoms with van der Waals surface area (Å²) >= 11 is 0. The van der Waals surface area contributed by atoms with Gasteiger partial charge in [0.05, 0.1) is 0 Å². The largest absolute Gasteiger partial charge is 0.314 e. The molecule has 0 saturated heterocycles. The topological polar surface area (TPSA) is 18.5 Å². The summed E-state index contributed by atoms with van der Waals surface area (Å²) in [6, 6.07) is 0.882. The number of hydrogen-bond acceptors (Lipinski definition) is 3. The molecule has 0 heterocycles. The van der Waals surface area contributed by atoms with E-state index in [0.29, 0.717) is 0 Å². The number of rotatable bonds is 13. The Morgan fingerprint density at radius 2 is 1.58 bits per heavy atom. The minimum atomic E-state index is 0.882. The van der Waals surface area contributed by atoms with Gasteiger partial charge in [-0.3, -0.25) is 0 Å². The molecule has 0 aromatic rings. The Bertz CT molecular complexity index is 202. The normalized spacial score (nSPS) is 15.6. The molecule has 114 valence electrons. The molecule has 0 amide bonds. The predicted molar refractivity (Wildman–Crippen MR) is 84.8 cm³/mol.